The number of benzene rings is 3. The van der Waals surface area contributed by atoms with Crippen molar-refractivity contribution in [2.45, 2.75) is 19.4 Å². The minimum Gasteiger partial charge on any atom is -0.493 e. The van der Waals surface area contributed by atoms with Crippen LogP contribution in [0.1, 0.15) is 32.7 Å². The van der Waals surface area contributed by atoms with Gasteiger partial charge in [-0.1, -0.05) is 24.3 Å². The Morgan fingerprint density at radius 3 is 2.64 bits per heavy atom. The largest absolute Gasteiger partial charge is 0.493 e. The standard InChI is InChI=1S/C27H25N5O4/c1-31(26(35)18-5-3-2-4-6-18)20-9-10-22-21(16-20)29-27(32(22)13-11-24(28)33)30-25(34)19-8-7-17-12-14-36-23(17)15-19/h2-10,15-16H,11-14H2,1H3,(H2,28,33)(H,29,30,34). The maximum atomic E-state index is 13.0. The second-order valence-corrected chi connectivity index (χ2v) is 8.58. The number of carbonyl (C=O) groups is 3. The van der Waals surface area contributed by atoms with Crippen LogP contribution in [0.5, 0.6) is 5.75 Å². The number of nitrogens with zero attached hydrogens (tertiary/aromatic N) is 3. The lowest BCUT2D eigenvalue weighted by atomic mass is 10.1. The number of imidazole rings is 1. The van der Waals surface area contributed by atoms with Gasteiger partial charge in [0.1, 0.15) is 5.75 Å². The van der Waals surface area contributed by atoms with Gasteiger partial charge in [0, 0.05) is 43.2 Å². The van der Waals surface area contributed by atoms with E-state index in [1.54, 1.807) is 52.9 Å². The molecular formula is C27H25N5O4. The molecule has 0 saturated carbocycles. The van der Waals surface area contributed by atoms with Crippen LogP contribution in [0.3, 0.4) is 0 Å². The molecule has 2 heterocycles. The van der Waals surface area contributed by atoms with E-state index in [1.807, 2.05) is 30.3 Å². The SMILES string of the molecule is CN(C(=O)c1ccccc1)c1ccc2c(c1)nc(NC(=O)c1ccc3c(c1)OCC3)n2CCC(N)=O. The predicted molar refractivity (Wildman–Crippen MR) is 136 cm³/mol. The van der Waals surface area contributed by atoms with Gasteiger partial charge in [0.25, 0.3) is 11.8 Å². The Kier molecular flexibility index (Phi) is 6.12. The summed E-state index contributed by atoms with van der Waals surface area (Å²) in [6, 6.07) is 19.7. The summed E-state index contributed by atoms with van der Waals surface area (Å²) in [5.41, 5.74) is 9.38. The average Bonchev–Trinajstić information content (AvgIpc) is 3.50. The first-order valence-electron chi connectivity index (χ1n) is 11.6. The molecule has 0 radical (unpaired) electrons. The molecule has 0 aliphatic carbocycles. The molecule has 1 aliphatic heterocycles. The van der Waals surface area contributed by atoms with Crippen LogP contribution in [0.4, 0.5) is 11.6 Å². The second kappa shape index (κ2) is 9.53. The van der Waals surface area contributed by atoms with E-state index < -0.39 is 5.91 Å². The van der Waals surface area contributed by atoms with Gasteiger partial charge in [0.2, 0.25) is 11.9 Å². The van der Waals surface area contributed by atoms with E-state index in [1.165, 1.54) is 0 Å². The maximum Gasteiger partial charge on any atom is 0.258 e. The van der Waals surface area contributed by atoms with Gasteiger partial charge in [0.05, 0.1) is 17.6 Å². The topological polar surface area (TPSA) is 120 Å². The van der Waals surface area contributed by atoms with Crippen molar-refractivity contribution in [2.24, 2.45) is 5.73 Å². The van der Waals surface area contributed by atoms with Crippen LogP contribution in [0.2, 0.25) is 0 Å². The van der Waals surface area contributed by atoms with Crippen LogP contribution < -0.4 is 20.7 Å². The lowest BCUT2D eigenvalue weighted by Gasteiger charge is -2.17. The van der Waals surface area contributed by atoms with E-state index >= 15 is 0 Å². The summed E-state index contributed by atoms with van der Waals surface area (Å²) in [7, 11) is 1.69. The van der Waals surface area contributed by atoms with Gasteiger partial charge in [-0.3, -0.25) is 19.7 Å². The van der Waals surface area contributed by atoms with Crippen LogP contribution in [-0.4, -0.2) is 40.9 Å². The van der Waals surface area contributed by atoms with Crippen LogP contribution in [0.15, 0.2) is 66.7 Å². The first-order valence-corrected chi connectivity index (χ1v) is 11.6. The second-order valence-electron chi connectivity index (χ2n) is 8.58. The number of aromatic nitrogens is 2. The molecule has 3 aromatic carbocycles. The predicted octanol–water partition coefficient (Wildman–Crippen LogP) is 3.38. The highest BCUT2D eigenvalue weighted by Crippen LogP contribution is 2.28. The monoisotopic (exact) mass is 483 g/mol. The Bertz CT molecular complexity index is 1480. The summed E-state index contributed by atoms with van der Waals surface area (Å²) < 4.78 is 7.32. The van der Waals surface area contributed by atoms with Gasteiger partial charge in [-0.2, -0.15) is 0 Å². The Hall–Kier alpha value is -4.66. The number of anilines is 2. The fraction of sp³-hybridized carbons (Fsp3) is 0.185. The Morgan fingerprint density at radius 1 is 1.06 bits per heavy atom. The molecule has 4 aromatic rings. The fourth-order valence-electron chi connectivity index (χ4n) is 4.24. The van der Waals surface area contributed by atoms with E-state index in [-0.39, 0.29) is 30.7 Å². The Morgan fingerprint density at radius 2 is 1.86 bits per heavy atom. The quantitative estimate of drug-likeness (QED) is 0.418. The van der Waals surface area contributed by atoms with Gasteiger partial charge in [-0.05, 0) is 48.0 Å². The number of carbonyl (C=O) groups excluding carboxylic acids is 3. The number of aryl methyl sites for hydroxylation is 1. The van der Waals surface area contributed by atoms with Gasteiger partial charge in [-0.25, -0.2) is 4.98 Å². The van der Waals surface area contributed by atoms with E-state index in [4.69, 9.17) is 10.5 Å². The number of hydrogen-bond donors (Lipinski definition) is 2. The van der Waals surface area contributed by atoms with Crippen molar-refractivity contribution < 1.29 is 19.1 Å². The normalized spacial score (nSPS) is 12.1. The molecule has 0 bridgehead atoms. The highest BCUT2D eigenvalue weighted by molar-refractivity contribution is 6.07. The summed E-state index contributed by atoms with van der Waals surface area (Å²) >= 11 is 0. The van der Waals surface area contributed by atoms with Crippen molar-refractivity contribution in [3.05, 3.63) is 83.4 Å². The smallest absolute Gasteiger partial charge is 0.258 e. The van der Waals surface area contributed by atoms with Crippen molar-refractivity contribution in [3.63, 3.8) is 0 Å². The molecule has 0 fully saturated rings. The zero-order chi connectivity index (χ0) is 25.2. The molecule has 9 nitrogen and oxygen atoms in total. The van der Waals surface area contributed by atoms with Gasteiger partial charge in [-0.15, -0.1) is 0 Å². The Balaban J connectivity index is 1.46. The molecule has 0 spiro atoms. The van der Waals surface area contributed by atoms with E-state index in [2.05, 4.69) is 10.3 Å². The number of hydrogen-bond acceptors (Lipinski definition) is 5. The molecule has 0 saturated heterocycles. The number of primary amides is 1. The number of rotatable bonds is 7. The minimum atomic E-state index is -0.463. The van der Waals surface area contributed by atoms with Crippen molar-refractivity contribution in [1.82, 2.24) is 9.55 Å². The summed E-state index contributed by atoms with van der Waals surface area (Å²) in [6.07, 6.45) is 0.902. The molecule has 1 aliphatic rings. The van der Waals surface area contributed by atoms with Crippen LogP contribution in [0.25, 0.3) is 11.0 Å². The van der Waals surface area contributed by atoms with Crippen LogP contribution in [-0.2, 0) is 17.8 Å². The highest BCUT2D eigenvalue weighted by atomic mass is 16.5. The van der Waals surface area contributed by atoms with Crippen LogP contribution >= 0.6 is 0 Å². The lowest BCUT2D eigenvalue weighted by molar-refractivity contribution is -0.118. The number of nitrogens with one attached hydrogen (secondary N) is 1. The van der Waals surface area contributed by atoms with Crippen molar-refractivity contribution in [3.8, 4) is 5.75 Å². The van der Waals surface area contributed by atoms with Crippen molar-refractivity contribution in [1.29, 1.82) is 0 Å². The van der Waals surface area contributed by atoms with E-state index in [0.717, 1.165) is 12.0 Å². The fourth-order valence-corrected chi connectivity index (χ4v) is 4.24. The molecule has 36 heavy (non-hydrogen) atoms. The molecular weight excluding hydrogens is 458 g/mol. The maximum absolute atomic E-state index is 13.0. The number of ether oxygens (including phenoxy) is 1. The number of fused-ring (bicyclic) bond motifs is 2. The number of amides is 3. The van der Waals surface area contributed by atoms with E-state index in [0.29, 0.717) is 40.2 Å². The first-order chi connectivity index (χ1) is 17.4. The summed E-state index contributed by atoms with van der Waals surface area (Å²) in [6.45, 7) is 0.847. The van der Waals surface area contributed by atoms with Crippen LogP contribution in [0, 0.1) is 0 Å². The number of nitrogens with two attached hydrogens (primary N) is 1. The van der Waals surface area contributed by atoms with Crippen molar-refractivity contribution in [2.75, 3.05) is 23.9 Å². The average molecular weight is 484 g/mol. The minimum absolute atomic E-state index is 0.0785. The molecule has 3 amide bonds. The van der Waals surface area contributed by atoms with Gasteiger partial charge in [0.15, 0.2) is 0 Å². The third-order valence-corrected chi connectivity index (χ3v) is 6.21. The highest BCUT2D eigenvalue weighted by Gasteiger charge is 2.20. The third kappa shape index (κ3) is 4.50. The van der Waals surface area contributed by atoms with Gasteiger partial charge < -0.3 is 19.9 Å². The summed E-state index contributed by atoms with van der Waals surface area (Å²) in [4.78, 5) is 43.6. The summed E-state index contributed by atoms with van der Waals surface area (Å²) in [5.74, 6) is 0.0261. The molecule has 0 atom stereocenters. The molecule has 0 unspecified atom stereocenters. The van der Waals surface area contributed by atoms with Gasteiger partial charge >= 0.3 is 0 Å². The summed E-state index contributed by atoms with van der Waals surface area (Å²) in [5, 5.41) is 2.85. The molecule has 182 valence electrons. The first kappa shape index (κ1) is 23.1. The lowest BCUT2D eigenvalue weighted by Crippen LogP contribution is -2.26. The van der Waals surface area contributed by atoms with E-state index in [9.17, 15) is 14.4 Å². The molecule has 9 heteroatoms. The zero-order valence-corrected chi connectivity index (χ0v) is 19.7. The van der Waals surface area contributed by atoms with Crippen molar-refractivity contribution >= 4 is 40.4 Å². The molecule has 5 rings (SSSR count). The molecule has 1 aromatic heterocycles. The third-order valence-electron chi connectivity index (χ3n) is 6.21. The zero-order valence-electron chi connectivity index (χ0n) is 19.7. The molecule has 3 N–H and O–H groups in total. The Labute approximate surface area is 207 Å².